The standard InChI is InChI=1S/C16H17NO3/c1-19-15-8-3-2-6-13(15)11-20-16(18)10-12-5-4-7-14(17)9-12/h2-9H,10-11,17H2,1H3. The van der Waals surface area contributed by atoms with Gasteiger partial charge in [0.15, 0.2) is 0 Å². The van der Waals surface area contributed by atoms with Gasteiger partial charge in [-0.25, -0.2) is 0 Å². The van der Waals surface area contributed by atoms with Gasteiger partial charge in [-0.2, -0.15) is 0 Å². The summed E-state index contributed by atoms with van der Waals surface area (Å²) in [6.07, 6.45) is 0.209. The number of esters is 1. The fourth-order valence-corrected chi connectivity index (χ4v) is 1.90. The third-order valence-electron chi connectivity index (χ3n) is 2.88. The van der Waals surface area contributed by atoms with Crippen molar-refractivity contribution in [2.45, 2.75) is 13.0 Å². The number of carbonyl (C=O) groups excluding carboxylic acids is 1. The fourth-order valence-electron chi connectivity index (χ4n) is 1.90. The Bertz CT molecular complexity index is 596. The van der Waals surface area contributed by atoms with Crippen molar-refractivity contribution < 1.29 is 14.3 Å². The predicted molar refractivity (Wildman–Crippen MR) is 77.3 cm³/mol. The van der Waals surface area contributed by atoms with Crippen molar-refractivity contribution in [3.8, 4) is 5.75 Å². The first kappa shape index (κ1) is 13.9. The van der Waals surface area contributed by atoms with E-state index in [4.69, 9.17) is 15.2 Å². The summed E-state index contributed by atoms with van der Waals surface area (Å²) >= 11 is 0. The molecule has 0 heterocycles. The summed E-state index contributed by atoms with van der Waals surface area (Å²) in [4.78, 5) is 11.8. The Hall–Kier alpha value is -2.49. The molecule has 0 amide bonds. The van der Waals surface area contributed by atoms with Crippen LogP contribution in [0, 0.1) is 0 Å². The van der Waals surface area contributed by atoms with Gasteiger partial charge in [-0.3, -0.25) is 4.79 Å². The lowest BCUT2D eigenvalue weighted by Crippen LogP contribution is -2.08. The van der Waals surface area contributed by atoms with Crippen LogP contribution in [-0.4, -0.2) is 13.1 Å². The minimum Gasteiger partial charge on any atom is -0.496 e. The number of ether oxygens (including phenoxy) is 2. The number of benzene rings is 2. The second-order valence-electron chi connectivity index (χ2n) is 4.39. The molecule has 2 aromatic carbocycles. The van der Waals surface area contributed by atoms with Gasteiger partial charge in [-0.1, -0.05) is 30.3 Å². The molecule has 2 rings (SSSR count). The molecule has 0 saturated heterocycles. The molecular formula is C16H17NO3. The van der Waals surface area contributed by atoms with Crippen molar-refractivity contribution in [3.05, 3.63) is 59.7 Å². The van der Waals surface area contributed by atoms with Gasteiger partial charge in [-0.15, -0.1) is 0 Å². The Morgan fingerprint density at radius 3 is 2.70 bits per heavy atom. The number of anilines is 1. The summed E-state index contributed by atoms with van der Waals surface area (Å²) in [5.74, 6) is 0.422. The molecule has 0 bridgehead atoms. The summed E-state index contributed by atoms with van der Waals surface area (Å²) < 4.78 is 10.5. The average Bonchev–Trinajstić information content (AvgIpc) is 2.45. The maximum Gasteiger partial charge on any atom is 0.310 e. The maximum atomic E-state index is 11.8. The molecule has 20 heavy (non-hydrogen) atoms. The lowest BCUT2D eigenvalue weighted by Gasteiger charge is -2.09. The van der Waals surface area contributed by atoms with Crippen LogP contribution >= 0.6 is 0 Å². The smallest absolute Gasteiger partial charge is 0.310 e. The molecule has 0 unspecified atom stereocenters. The second kappa shape index (κ2) is 6.61. The van der Waals surface area contributed by atoms with E-state index in [9.17, 15) is 4.79 Å². The molecule has 0 aliphatic carbocycles. The third-order valence-corrected chi connectivity index (χ3v) is 2.88. The number of hydrogen-bond acceptors (Lipinski definition) is 4. The predicted octanol–water partition coefficient (Wildman–Crippen LogP) is 2.56. The third kappa shape index (κ3) is 3.75. The molecule has 0 spiro atoms. The monoisotopic (exact) mass is 271 g/mol. The molecule has 4 nitrogen and oxygen atoms in total. The Labute approximate surface area is 118 Å². The molecule has 0 aliphatic rings. The highest BCUT2D eigenvalue weighted by atomic mass is 16.5. The Balaban J connectivity index is 1.92. The molecule has 104 valence electrons. The van der Waals surface area contributed by atoms with E-state index in [1.165, 1.54) is 0 Å². The Morgan fingerprint density at radius 2 is 1.95 bits per heavy atom. The molecule has 0 atom stereocenters. The fraction of sp³-hybridized carbons (Fsp3) is 0.188. The number of para-hydroxylation sites is 1. The number of methoxy groups -OCH3 is 1. The minimum atomic E-state index is -0.290. The van der Waals surface area contributed by atoms with Crippen LogP contribution in [0.3, 0.4) is 0 Å². The van der Waals surface area contributed by atoms with Crippen LogP contribution in [0.4, 0.5) is 5.69 Å². The van der Waals surface area contributed by atoms with Crippen molar-refractivity contribution in [1.29, 1.82) is 0 Å². The van der Waals surface area contributed by atoms with Crippen LogP contribution < -0.4 is 10.5 Å². The zero-order valence-electron chi connectivity index (χ0n) is 11.3. The van der Waals surface area contributed by atoms with Gasteiger partial charge >= 0.3 is 5.97 Å². The molecule has 0 saturated carbocycles. The topological polar surface area (TPSA) is 61.5 Å². The Kier molecular flexibility index (Phi) is 4.60. The van der Waals surface area contributed by atoms with Gasteiger partial charge in [-0.05, 0) is 23.8 Å². The van der Waals surface area contributed by atoms with Crippen molar-refractivity contribution in [2.75, 3.05) is 12.8 Å². The highest BCUT2D eigenvalue weighted by molar-refractivity contribution is 5.73. The summed E-state index contributed by atoms with van der Waals surface area (Å²) in [5.41, 5.74) is 7.99. The second-order valence-corrected chi connectivity index (χ2v) is 4.39. The number of carbonyl (C=O) groups is 1. The number of rotatable bonds is 5. The van der Waals surface area contributed by atoms with Crippen LogP contribution in [0.2, 0.25) is 0 Å². The summed E-state index contributed by atoms with van der Waals surface area (Å²) in [6.45, 7) is 0.200. The molecule has 2 N–H and O–H groups in total. The molecule has 0 aromatic heterocycles. The van der Waals surface area contributed by atoms with Crippen molar-refractivity contribution >= 4 is 11.7 Å². The first-order valence-electron chi connectivity index (χ1n) is 6.31. The van der Waals surface area contributed by atoms with Crippen molar-refractivity contribution in [3.63, 3.8) is 0 Å². The van der Waals surface area contributed by atoms with Crippen LogP contribution in [0.25, 0.3) is 0 Å². The normalized spacial score (nSPS) is 10.1. The van der Waals surface area contributed by atoms with E-state index in [2.05, 4.69) is 0 Å². The van der Waals surface area contributed by atoms with Crippen LogP contribution in [-0.2, 0) is 22.6 Å². The first-order valence-corrected chi connectivity index (χ1v) is 6.31. The van der Waals surface area contributed by atoms with Crippen molar-refractivity contribution in [1.82, 2.24) is 0 Å². The maximum absolute atomic E-state index is 11.8. The molecule has 0 radical (unpaired) electrons. The quantitative estimate of drug-likeness (QED) is 0.670. The number of nitrogen functional groups attached to an aromatic ring is 1. The van der Waals surface area contributed by atoms with Crippen molar-refractivity contribution in [2.24, 2.45) is 0 Å². The van der Waals surface area contributed by atoms with Gasteiger partial charge in [0, 0.05) is 11.3 Å². The van der Waals surface area contributed by atoms with E-state index < -0.39 is 0 Å². The summed E-state index contributed by atoms with van der Waals surface area (Å²) in [7, 11) is 1.59. The van der Waals surface area contributed by atoms with Gasteiger partial charge in [0.05, 0.1) is 13.5 Å². The van der Waals surface area contributed by atoms with Gasteiger partial charge < -0.3 is 15.2 Å². The molecular weight excluding hydrogens is 254 g/mol. The van der Waals surface area contributed by atoms with E-state index in [0.717, 1.165) is 11.1 Å². The van der Waals surface area contributed by atoms with Gasteiger partial charge in [0.25, 0.3) is 0 Å². The van der Waals surface area contributed by atoms with E-state index in [0.29, 0.717) is 11.4 Å². The van der Waals surface area contributed by atoms with Gasteiger partial charge in [0.2, 0.25) is 0 Å². The SMILES string of the molecule is COc1ccccc1COC(=O)Cc1cccc(N)c1. The first-order chi connectivity index (χ1) is 9.69. The molecule has 4 heteroatoms. The molecule has 0 fully saturated rings. The Morgan fingerprint density at radius 1 is 1.15 bits per heavy atom. The average molecular weight is 271 g/mol. The largest absolute Gasteiger partial charge is 0.496 e. The van der Waals surface area contributed by atoms with E-state index in [1.54, 1.807) is 19.2 Å². The lowest BCUT2D eigenvalue weighted by atomic mass is 10.1. The minimum absolute atomic E-state index is 0.200. The zero-order valence-corrected chi connectivity index (χ0v) is 11.3. The summed E-state index contributed by atoms with van der Waals surface area (Å²) in [5, 5.41) is 0. The number of nitrogens with two attached hydrogens (primary N) is 1. The van der Waals surface area contributed by atoms with E-state index >= 15 is 0 Å². The highest BCUT2D eigenvalue weighted by Crippen LogP contribution is 2.18. The molecule has 0 aliphatic heterocycles. The van der Waals surface area contributed by atoms with Crippen LogP contribution in [0.1, 0.15) is 11.1 Å². The van der Waals surface area contributed by atoms with Crippen LogP contribution in [0.5, 0.6) is 5.75 Å². The summed E-state index contributed by atoms with van der Waals surface area (Å²) in [6, 6.07) is 14.7. The van der Waals surface area contributed by atoms with E-state index in [1.807, 2.05) is 36.4 Å². The highest BCUT2D eigenvalue weighted by Gasteiger charge is 2.08. The van der Waals surface area contributed by atoms with E-state index in [-0.39, 0.29) is 19.0 Å². The van der Waals surface area contributed by atoms with Crippen LogP contribution in [0.15, 0.2) is 48.5 Å². The lowest BCUT2D eigenvalue weighted by molar-refractivity contribution is -0.144. The van der Waals surface area contributed by atoms with Gasteiger partial charge in [0.1, 0.15) is 12.4 Å². The number of hydrogen-bond donors (Lipinski definition) is 1. The zero-order chi connectivity index (χ0) is 14.4. The molecule has 2 aromatic rings.